The standard InChI is InChI=1S/C25H18BrFO5/c1-14-21(30-12-15-4-2-3-5-20(15)27)7-6-19-23(28)22(32-24(14)19)10-16-8-18(26)9-17-11-29-13-31-25(16)17/h2-10H,11-13H2,1H3/b22-10-. The van der Waals surface area contributed by atoms with Gasteiger partial charge >= 0.3 is 0 Å². The van der Waals surface area contributed by atoms with Crippen LogP contribution in [0.15, 0.2) is 58.8 Å². The van der Waals surface area contributed by atoms with Crippen molar-refractivity contribution in [2.45, 2.75) is 20.1 Å². The van der Waals surface area contributed by atoms with Gasteiger partial charge in [0.1, 0.15) is 29.7 Å². The molecule has 0 aromatic heterocycles. The minimum atomic E-state index is -0.326. The third-order valence-electron chi connectivity index (χ3n) is 5.37. The molecule has 0 radical (unpaired) electrons. The summed E-state index contributed by atoms with van der Waals surface area (Å²) in [6.07, 6.45) is 1.68. The maximum atomic E-state index is 13.9. The Morgan fingerprint density at radius 3 is 2.84 bits per heavy atom. The van der Waals surface area contributed by atoms with Crippen LogP contribution in [0.1, 0.15) is 32.6 Å². The predicted octanol–water partition coefficient (Wildman–Crippen LogP) is 5.96. The van der Waals surface area contributed by atoms with Crippen molar-refractivity contribution in [2.24, 2.45) is 0 Å². The van der Waals surface area contributed by atoms with Crippen LogP contribution >= 0.6 is 15.9 Å². The molecule has 0 unspecified atom stereocenters. The van der Waals surface area contributed by atoms with Gasteiger partial charge in [-0.3, -0.25) is 4.79 Å². The van der Waals surface area contributed by atoms with Crippen LogP contribution in [0.3, 0.4) is 0 Å². The Hall–Kier alpha value is -3.16. The van der Waals surface area contributed by atoms with Crippen molar-refractivity contribution < 1.29 is 28.1 Å². The molecule has 0 spiro atoms. The van der Waals surface area contributed by atoms with Gasteiger partial charge in [0.15, 0.2) is 12.6 Å². The number of carbonyl (C=O) groups excluding carboxylic acids is 1. The molecule has 3 aromatic rings. The van der Waals surface area contributed by atoms with Gasteiger partial charge in [0.2, 0.25) is 5.78 Å². The largest absolute Gasteiger partial charge is 0.488 e. The molecule has 0 fully saturated rings. The molecule has 162 valence electrons. The molecule has 2 heterocycles. The maximum Gasteiger partial charge on any atom is 0.231 e. The van der Waals surface area contributed by atoms with Crippen LogP contribution in [0.25, 0.3) is 6.08 Å². The van der Waals surface area contributed by atoms with E-state index in [0.717, 1.165) is 15.6 Å². The molecule has 0 saturated carbocycles. The number of ketones is 1. The van der Waals surface area contributed by atoms with E-state index in [-0.39, 0.29) is 30.8 Å². The normalized spacial score (nSPS) is 15.7. The maximum absolute atomic E-state index is 13.9. The minimum Gasteiger partial charge on any atom is -0.488 e. The Kier molecular flexibility index (Phi) is 5.45. The summed E-state index contributed by atoms with van der Waals surface area (Å²) in [5.74, 6) is 1.30. The molecule has 0 aliphatic carbocycles. The summed E-state index contributed by atoms with van der Waals surface area (Å²) in [6.45, 7) is 2.48. The van der Waals surface area contributed by atoms with Crippen molar-refractivity contribution in [1.29, 1.82) is 0 Å². The van der Waals surface area contributed by atoms with Crippen molar-refractivity contribution in [2.75, 3.05) is 6.79 Å². The molecule has 3 aromatic carbocycles. The van der Waals surface area contributed by atoms with Gasteiger partial charge in [0.05, 0.1) is 12.2 Å². The Labute approximate surface area is 192 Å². The van der Waals surface area contributed by atoms with Crippen molar-refractivity contribution in [3.63, 3.8) is 0 Å². The van der Waals surface area contributed by atoms with Crippen molar-refractivity contribution in [3.8, 4) is 17.2 Å². The highest BCUT2D eigenvalue weighted by atomic mass is 79.9. The van der Waals surface area contributed by atoms with E-state index in [4.69, 9.17) is 18.9 Å². The number of hydrogen-bond acceptors (Lipinski definition) is 5. The molecule has 0 amide bonds. The molecule has 5 nitrogen and oxygen atoms in total. The van der Waals surface area contributed by atoms with Crippen LogP contribution in [0, 0.1) is 12.7 Å². The third kappa shape index (κ3) is 3.78. The highest BCUT2D eigenvalue weighted by Gasteiger charge is 2.31. The van der Waals surface area contributed by atoms with E-state index in [1.165, 1.54) is 6.07 Å². The molecule has 2 aliphatic heterocycles. The lowest BCUT2D eigenvalue weighted by Crippen LogP contribution is -2.12. The first-order chi connectivity index (χ1) is 15.5. The number of halogens is 2. The van der Waals surface area contributed by atoms with Gasteiger partial charge in [0.25, 0.3) is 0 Å². The second-order valence-electron chi connectivity index (χ2n) is 7.48. The summed E-state index contributed by atoms with van der Waals surface area (Å²) in [5, 5.41) is 0. The summed E-state index contributed by atoms with van der Waals surface area (Å²) in [6, 6.07) is 13.6. The number of ether oxygens (including phenoxy) is 4. The van der Waals surface area contributed by atoms with E-state index in [0.29, 0.717) is 40.5 Å². The van der Waals surface area contributed by atoms with E-state index in [2.05, 4.69) is 15.9 Å². The third-order valence-corrected chi connectivity index (χ3v) is 5.83. The van der Waals surface area contributed by atoms with Crippen LogP contribution in [-0.2, 0) is 18.0 Å². The fourth-order valence-corrected chi connectivity index (χ4v) is 4.28. The van der Waals surface area contributed by atoms with Gasteiger partial charge in [-0.1, -0.05) is 34.1 Å². The first kappa shape index (κ1) is 20.7. The van der Waals surface area contributed by atoms with Gasteiger partial charge in [-0.15, -0.1) is 0 Å². The van der Waals surface area contributed by atoms with E-state index < -0.39 is 0 Å². The zero-order valence-electron chi connectivity index (χ0n) is 17.1. The Bertz CT molecular complexity index is 1270. The quantitative estimate of drug-likeness (QED) is 0.417. The SMILES string of the molecule is Cc1c(OCc2ccccc2F)ccc2c1O/C(=C\c1cc(Br)cc3c1OCOC3)C2=O. The summed E-state index contributed by atoms with van der Waals surface area (Å²) < 4.78 is 37.5. The zero-order chi connectivity index (χ0) is 22.2. The number of allylic oxidation sites excluding steroid dienone is 1. The Balaban J connectivity index is 1.43. The average molecular weight is 497 g/mol. The molecule has 0 saturated heterocycles. The second kappa shape index (κ2) is 8.41. The van der Waals surface area contributed by atoms with Gasteiger partial charge in [-0.2, -0.15) is 0 Å². The Morgan fingerprint density at radius 1 is 1.16 bits per heavy atom. The average Bonchev–Trinajstić information content (AvgIpc) is 3.10. The number of benzene rings is 3. The lowest BCUT2D eigenvalue weighted by molar-refractivity contribution is -0.0165. The fraction of sp³-hybridized carbons (Fsp3) is 0.160. The van der Waals surface area contributed by atoms with Crippen LogP contribution in [0.5, 0.6) is 17.2 Å². The molecular weight excluding hydrogens is 479 g/mol. The van der Waals surface area contributed by atoms with Crippen LogP contribution in [0.2, 0.25) is 0 Å². The number of rotatable bonds is 4. The van der Waals surface area contributed by atoms with E-state index in [9.17, 15) is 9.18 Å². The van der Waals surface area contributed by atoms with E-state index in [1.807, 2.05) is 19.1 Å². The van der Waals surface area contributed by atoms with Crippen LogP contribution < -0.4 is 14.2 Å². The van der Waals surface area contributed by atoms with Crippen LogP contribution in [-0.4, -0.2) is 12.6 Å². The van der Waals surface area contributed by atoms with Gasteiger partial charge in [-0.05, 0) is 43.3 Å². The first-order valence-corrected chi connectivity index (χ1v) is 10.8. The van der Waals surface area contributed by atoms with E-state index >= 15 is 0 Å². The fourth-order valence-electron chi connectivity index (χ4n) is 3.75. The minimum absolute atomic E-state index is 0.0759. The number of fused-ring (bicyclic) bond motifs is 2. The highest BCUT2D eigenvalue weighted by molar-refractivity contribution is 9.10. The molecule has 7 heteroatoms. The molecule has 0 bridgehead atoms. The monoisotopic (exact) mass is 496 g/mol. The smallest absolute Gasteiger partial charge is 0.231 e. The molecule has 5 rings (SSSR count). The predicted molar refractivity (Wildman–Crippen MR) is 119 cm³/mol. The molecule has 32 heavy (non-hydrogen) atoms. The van der Waals surface area contributed by atoms with E-state index in [1.54, 1.807) is 36.4 Å². The highest BCUT2D eigenvalue weighted by Crippen LogP contribution is 2.41. The van der Waals surface area contributed by atoms with Crippen LogP contribution in [0.4, 0.5) is 4.39 Å². The molecule has 0 N–H and O–H groups in total. The molecular formula is C25H18BrFO5. The number of carbonyl (C=O) groups is 1. The van der Waals surface area contributed by atoms with Crippen molar-refractivity contribution >= 4 is 27.8 Å². The van der Waals surface area contributed by atoms with Gasteiger partial charge < -0.3 is 18.9 Å². The lowest BCUT2D eigenvalue weighted by Gasteiger charge is -2.20. The van der Waals surface area contributed by atoms with Gasteiger partial charge in [-0.25, -0.2) is 4.39 Å². The Morgan fingerprint density at radius 2 is 2.00 bits per heavy atom. The zero-order valence-corrected chi connectivity index (χ0v) is 18.7. The molecule has 2 aliphatic rings. The number of hydrogen-bond donors (Lipinski definition) is 0. The topological polar surface area (TPSA) is 54.0 Å². The second-order valence-corrected chi connectivity index (χ2v) is 8.39. The summed E-state index contributed by atoms with van der Waals surface area (Å²) in [5.41, 5.74) is 3.20. The van der Waals surface area contributed by atoms with Crippen molar-refractivity contribution in [1.82, 2.24) is 0 Å². The summed E-state index contributed by atoms with van der Waals surface area (Å²) in [7, 11) is 0. The van der Waals surface area contributed by atoms with Crippen molar-refractivity contribution in [3.05, 3.63) is 92.4 Å². The first-order valence-electron chi connectivity index (χ1n) is 9.98. The number of Topliss-reactive ketones (excluding diaryl/α,β-unsaturated/α-hetero) is 1. The summed E-state index contributed by atoms with van der Waals surface area (Å²) in [4.78, 5) is 13.0. The van der Waals surface area contributed by atoms with Gasteiger partial charge in [0, 0.05) is 26.7 Å². The molecule has 0 atom stereocenters. The summed E-state index contributed by atoms with van der Waals surface area (Å²) >= 11 is 3.49. The lowest BCUT2D eigenvalue weighted by atomic mass is 10.0.